The van der Waals surface area contributed by atoms with Crippen molar-refractivity contribution in [3.63, 3.8) is 0 Å². The highest BCUT2D eigenvalue weighted by Crippen LogP contribution is 2.23. The number of nitriles is 1. The number of esters is 1. The quantitative estimate of drug-likeness (QED) is 0.630. The van der Waals surface area contributed by atoms with Gasteiger partial charge in [-0.2, -0.15) is 5.26 Å². The molecule has 2 amide bonds. The van der Waals surface area contributed by atoms with Crippen molar-refractivity contribution in [3.05, 3.63) is 95.1 Å². The van der Waals surface area contributed by atoms with Crippen LogP contribution < -0.4 is 11.1 Å². The van der Waals surface area contributed by atoms with E-state index in [-0.39, 0.29) is 6.61 Å². The lowest BCUT2D eigenvalue weighted by Gasteiger charge is -2.08. The number of primary amides is 1. The molecule has 0 unspecified atom stereocenters. The molecule has 0 spiro atoms. The molecule has 0 saturated carbocycles. The maximum absolute atomic E-state index is 12.2. The van der Waals surface area contributed by atoms with Gasteiger partial charge in [-0.25, -0.2) is 9.59 Å². The van der Waals surface area contributed by atoms with E-state index < -0.39 is 12.0 Å². The monoisotopic (exact) mass is 385 g/mol. The van der Waals surface area contributed by atoms with Crippen molar-refractivity contribution in [2.45, 2.75) is 13.2 Å². The Balaban J connectivity index is 1.59. The summed E-state index contributed by atoms with van der Waals surface area (Å²) in [5, 5.41) is 11.7. The molecule has 0 aromatic heterocycles. The maximum Gasteiger partial charge on any atom is 0.338 e. The van der Waals surface area contributed by atoms with Gasteiger partial charge in [0.1, 0.15) is 6.61 Å². The first-order chi connectivity index (χ1) is 14.1. The minimum absolute atomic E-state index is 0.143. The smallest absolute Gasteiger partial charge is 0.338 e. The van der Waals surface area contributed by atoms with E-state index in [0.29, 0.717) is 17.7 Å². The third-order valence-corrected chi connectivity index (χ3v) is 4.34. The second-order valence-corrected chi connectivity index (χ2v) is 6.35. The number of nitrogens with two attached hydrogens (primary N) is 1. The third kappa shape index (κ3) is 5.21. The zero-order valence-electron chi connectivity index (χ0n) is 15.6. The Morgan fingerprint density at radius 2 is 1.59 bits per heavy atom. The van der Waals surface area contributed by atoms with Crippen LogP contribution in [0.4, 0.5) is 4.79 Å². The van der Waals surface area contributed by atoms with Crippen LogP contribution in [0.5, 0.6) is 0 Å². The van der Waals surface area contributed by atoms with Gasteiger partial charge in [0.15, 0.2) is 0 Å². The first kappa shape index (κ1) is 19.6. The van der Waals surface area contributed by atoms with E-state index in [1.807, 2.05) is 42.5 Å². The number of ether oxygens (including phenoxy) is 1. The van der Waals surface area contributed by atoms with Crippen LogP contribution in [0.1, 0.15) is 27.0 Å². The SMILES string of the molecule is N#Cc1ccccc1-c1ccc(COC(=O)c2ccc(CNC(N)=O)cc2)cc1. The van der Waals surface area contributed by atoms with Gasteiger partial charge < -0.3 is 15.8 Å². The van der Waals surface area contributed by atoms with Crippen molar-refractivity contribution >= 4 is 12.0 Å². The summed E-state index contributed by atoms with van der Waals surface area (Å²) in [6, 6.07) is 23.3. The van der Waals surface area contributed by atoms with Gasteiger partial charge in [0.25, 0.3) is 0 Å². The minimum Gasteiger partial charge on any atom is -0.457 e. The van der Waals surface area contributed by atoms with Crippen LogP contribution in [0.2, 0.25) is 0 Å². The fourth-order valence-electron chi connectivity index (χ4n) is 2.79. The van der Waals surface area contributed by atoms with E-state index >= 15 is 0 Å². The van der Waals surface area contributed by atoms with Crippen LogP contribution in [0.25, 0.3) is 11.1 Å². The Morgan fingerprint density at radius 1 is 0.931 bits per heavy atom. The van der Waals surface area contributed by atoms with E-state index in [4.69, 9.17) is 10.5 Å². The lowest BCUT2D eigenvalue weighted by atomic mass is 9.99. The van der Waals surface area contributed by atoms with Gasteiger partial charge in [-0.05, 0) is 40.5 Å². The molecule has 0 saturated heterocycles. The molecular weight excluding hydrogens is 366 g/mol. The summed E-state index contributed by atoms with van der Waals surface area (Å²) in [4.78, 5) is 22.9. The van der Waals surface area contributed by atoms with Gasteiger partial charge in [0.2, 0.25) is 0 Å². The summed E-state index contributed by atoms with van der Waals surface area (Å²) >= 11 is 0. The highest BCUT2D eigenvalue weighted by atomic mass is 16.5. The first-order valence-electron chi connectivity index (χ1n) is 8.94. The fourth-order valence-corrected chi connectivity index (χ4v) is 2.79. The van der Waals surface area contributed by atoms with Crippen LogP contribution in [0.15, 0.2) is 72.8 Å². The summed E-state index contributed by atoms with van der Waals surface area (Å²) in [6.07, 6.45) is 0. The zero-order chi connectivity index (χ0) is 20.6. The predicted molar refractivity (Wildman–Crippen MR) is 109 cm³/mol. The molecule has 6 nitrogen and oxygen atoms in total. The number of carbonyl (C=O) groups excluding carboxylic acids is 2. The molecule has 0 bridgehead atoms. The van der Waals surface area contributed by atoms with Crippen LogP contribution in [-0.4, -0.2) is 12.0 Å². The molecule has 0 radical (unpaired) electrons. The molecule has 29 heavy (non-hydrogen) atoms. The number of amides is 2. The molecule has 0 fully saturated rings. The number of urea groups is 1. The largest absolute Gasteiger partial charge is 0.457 e. The number of hydrogen-bond acceptors (Lipinski definition) is 4. The molecule has 3 aromatic carbocycles. The number of nitrogens with zero attached hydrogens (tertiary/aromatic N) is 1. The van der Waals surface area contributed by atoms with Gasteiger partial charge in [0.05, 0.1) is 17.2 Å². The van der Waals surface area contributed by atoms with Gasteiger partial charge in [0, 0.05) is 6.54 Å². The number of rotatable bonds is 6. The van der Waals surface area contributed by atoms with E-state index in [2.05, 4.69) is 11.4 Å². The molecule has 6 heteroatoms. The summed E-state index contributed by atoms with van der Waals surface area (Å²) in [7, 11) is 0. The van der Waals surface area contributed by atoms with E-state index in [1.165, 1.54) is 0 Å². The Kier molecular flexibility index (Phi) is 6.23. The Bertz CT molecular complexity index is 1050. The Morgan fingerprint density at radius 3 is 2.24 bits per heavy atom. The maximum atomic E-state index is 12.2. The first-order valence-corrected chi connectivity index (χ1v) is 8.94. The zero-order valence-corrected chi connectivity index (χ0v) is 15.6. The summed E-state index contributed by atoms with van der Waals surface area (Å²) in [5.41, 5.74) is 9.53. The van der Waals surface area contributed by atoms with Crippen LogP contribution in [0.3, 0.4) is 0 Å². The normalized spacial score (nSPS) is 10.0. The third-order valence-electron chi connectivity index (χ3n) is 4.34. The minimum atomic E-state index is -0.601. The predicted octanol–water partition coefficient (Wildman–Crippen LogP) is 3.75. The Hall–Kier alpha value is -4.11. The average molecular weight is 385 g/mol. The van der Waals surface area contributed by atoms with Gasteiger partial charge in [-0.1, -0.05) is 54.6 Å². The fraction of sp³-hybridized carbons (Fsp3) is 0.0870. The number of benzene rings is 3. The molecule has 0 aliphatic rings. The van der Waals surface area contributed by atoms with E-state index in [1.54, 1.807) is 30.3 Å². The van der Waals surface area contributed by atoms with Crippen molar-refractivity contribution in [2.75, 3.05) is 0 Å². The molecule has 144 valence electrons. The second kappa shape index (κ2) is 9.20. The van der Waals surface area contributed by atoms with Crippen molar-refractivity contribution in [1.29, 1.82) is 5.26 Å². The van der Waals surface area contributed by atoms with Crippen molar-refractivity contribution in [1.82, 2.24) is 5.32 Å². The lowest BCUT2D eigenvalue weighted by molar-refractivity contribution is 0.0472. The second-order valence-electron chi connectivity index (χ2n) is 6.35. The molecule has 0 aliphatic carbocycles. The number of carbonyl (C=O) groups is 2. The topological polar surface area (TPSA) is 105 Å². The molecule has 0 aliphatic heterocycles. The number of hydrogen-bond donors (Lipinski definition) is 2. The van der Waals surface area contributed by atoms with E-state index in [9.17, 15) is 14.9 Å². The Labute approximate surface area is 168 Å². The van der Waals surface area contributed by atoms with Crippen LogP contribution in [0, 0.1) is 11.3 Å². The summed E-state index contributed by atoms with van der Waals surface area (Å²) in [5.74, 6) is -0.432. The van der Waals surface area contributed by atoms with Crippen LogP contribution in [-0.2, 0) is 17.9 Å². The van der Waals surface area contributed by atoms with Crippen molar-refractivity contribution in [2.24, 2.45) is 5.73 Å². The molecular formula is C23H19N3O3. The number of nitrogens with one attached hydrogen (secondary N) is 1. The van der Waals surface area contributed by atoms with Gasteiger partial charge >= 0.3 is 12.0 Å². The van der Waals surface area contributed by atoms with Gasteiger partial charge in [-0.15, -0.1) is 0 Å². The lowest BCUT2D eigenvalue weighted by Crippen LogP contribution is -2.28. The average Bonchev–Trinajstić information content (AvgIpc) is 2.76. The van der Waals surface area contributed by atoms with Gasteiger partial charge in [-0.3, -0.25) is 0 Å². The highest BCUT2D eigenvalue weighted by Gasteiger charge is 2.09. The van der Waals surface area contributed by atoms with Crippen LogP contribution >= 0.6 is 0 Å². The van der Waals surface area contributed by atoms with E-state index in [0.717, 1.165) is 22.3 Å². The molecule has 0 atom stereocenters. The van der Waals surface area contributed by atoms with Crippen molar-refractivity contribution < 1.29 is 14.3 Å². The molecule has 0 heterocycles. The molecule has 3 N–H and O–H groups in total. The molecule has 3 rings (SSSR count). The molecule has 3 aromatic rings. The standard InChI is InChI=1S/C23H19N3O3/c24-13-20-3-1-2-4-21(20)18-9-7-17(8-10-18)15-29-22(27)19-11-5-16(6-12-19)14-26-23(25)28/h1-12H,14-15H2,(H3,25,26,28). The highest BCUT2D eigenvalue weighted by molar-refractivity contribution is 5.89. The summed E-state index contributed by atoms with van der Waals surface area (Å²) in [6.45, 7) is 0.440. The van der Waals surface area contributed by atoms with Crippen molar-refractivity contribution in [3.8, 4) is 17.2 Å². The summed E-state index contributed by atoms with van der Waals surface area (Å²) < 4.78 is 5.36.